The summed E-state index contributed by atoms with van der Waals surface area (Å²) < 4.78 is 41.5. The van der Waals surface area contributed by atoms with Crippen LogP contribution in [-0.2, 0) is 17.5 Å². The standard InChI is InChI=1S/C15H19F3N4OS/c1-8(2)11-6-10(15(16,17)18)13-9(3)21-22(14(13)20-11)7-12(23)19-4-5-24/h6,8,24H,4-5,7H2,1-3H3,(H,19,23). The van der Waals surface area contributed by atoms with E-state index < -0.39 is 11.7 Å². The number of pyridine rings is 1. The van der Waals surface area contributed by atoms with Crippen LogP contribution in [0.2, 0.25) is 0 Å². The van der Waals surface area contributed by atoms with Gasteiger partial charge in [0.15, 0.2) is 5.65 Å². The van der Waals surface area contributed by atoms with Gasteiger partial charge in [0.05, 0.1) is 16.6 Å². The number of hydrogen-bond donors (Lipinski definition) is 2. The highest BCUT2D eigenvalue weighted by Gasteiger charge is 2.35. The molecule has 0 unspecified atom stereocenters. The number of fused-ring (bicyclic) bond motifs is 1. The number of carbonyl (C=O) groups is 1. The molecule has 2 rings (SSSR count). The third-order valence-corrected chi connectivity index (χ3v) is 3.75. The highest BCUT2D eigenvalue weighted by molar-refractivity contribution is 7.80. The summed E-state index contributed by atoms with van der Waals surface area (Å²) in [5.74, 6) is -0.0607. The van der Waals surface area contributed by atoms with E-state index in [-0.39, 0.29) is 35.1 Å². The Kier molecular flexibility index (Phi) is 5.42. The Bertz CT molecular complexity index is 755. The summed E-state index contributed by atoms with van der Waals surface area (Å²) in [6, 6.07) is 1.06. The number of rotatable bonds is 5. The van der Waals surface area contributed by atoms with Gasteiger partial charge in [0.25, 0.3) is 0 Å². The fraction of sp³-hybridized carbons (Fsp3) is 0.533. The van der Waals surface area contributed by atoms with Gasteiger partial charge in [-0.05, 0) is 18.9 Å². The Morgan fingerprint density at radius 3 is 2.62 bits per heavy atom. The van der Waals surface area contributed by atoms with Crippen molar-refractivity contribution in [1.29, 1.82) is 0 Å². The second-order valence-electron chi connectivity index (χ2n) is 5.76. The number of nitrogens with zero attached hydrogens (tertiary/aromatic N) is 3. The minimum absolute atomic E-state index is 0.0612. The highest BCUT2D eigenvalue weighted by Crippen LogP contribution is 2.37. The first-order valence-electron chi connectivity index (χ1n) is 7.48. The van der Waals surface area contributed by atoms with Crippen molar-refractivity contribution >= 4 is 29.6 Å². The van der Waals surface area contributed by atoms with E-state index in [2.05, 4.69) is 28.0 Å². The fourth-order valence-electron chi connectivity index (χ4n) is 2.39. The Hall–Kier alpha value is -1.77. The lowest BCUT2D eigenvalue weighted by atomic mass is 10.0. The molecule has 0 spiro atoms. The molecule has 0 aliphatic heterocycles. The van der Waals surface area contributed by atoms with Crippen LogP contribution in [0.4, 0.5) is 13.2 Å². The van der Waals surface area contributed by atoms with Crippen molar-refractivity contribution in [3.05, 3.63) is 23.0 Å². The van der Waals surface area contributed by atoms with Crippen LogP contribution in [0.3, 0.4) is 0 Å². The number of alkyl halides is 3. The Balaban J connectivity index is 2.59. The van der Waals surface area contributed by atoms with Crippen molar-refractivity contribution in [2.45, 2.75) is 39.4 Å². The minimum Gasteiger partial charge on any atom is -0.354 e. The Labute approximate surface area is 143 Å². The number of amides is 1. The zero-order valence-corrected chi connectivity index (χ0v) is 14.5. The highest BCUT2D eigenvalue weighted by atomic mass is 32.1. The number of thiol groups is 1. The van der Waals surface area contributed by atoms with Crippen molar-refractivity contribution in [2.24, 2.45) is 0 Å². The molecule has 0 bridgehead atoms. The van der Waals surface area contributed by atoms with Gasteiger partial charge in [-0.25, -0.2) is 9.67 Å². The molecule has 0 atom stereocenters. The molecule has 0 saturated heterocycles. The van der Waals surface area contributed by atoms with Crippen LogP contribution in [-0.4, -0.2) is 33.0 Å². The predicted molar refractivity (Wildman–Crippen MR) is 88.2 cm³/mol. The van der Waals surface area contributed by atoms with Crippen LogP contribution in [0.1, 0.15) is 36.7 Å². The molecule has 24 heavy (non-hydrogen) atoms. The quantitative estimate of drug-likeness (QED) is 0.806. The molecule has 2 aromatic heterocycles. The van der Waals surface area contributed by atoms with Gasteiger partial charge in [0.2, 0.25) is 5.91 Å². The van der Waals surface area contributed by atoms with Gasteiger partial charge in [-0.2, -0.15) is 30.9 Å². The van der Waals surface area contributed by atoms with Gasteiger partial charge in [-0.1, -0.05) is 13.8 Å². The molecule has 1 N–H and O–H groups in total. The molecule has 1 amide bonds. The van der Waals surface area contributed by atoms with E-state index in [4.69, 9.17) is 0 Å². The molecule has 132 valence electrons. The lowest BCUT2D eigenvalue weighted by Crippen LogP contribution is -2.29. The number of halogens is 3. The second kappa shape index (κ2) is 7.00. The maximum atomic E-state index is 13.4. The molecule has 2 heterocycles. The van der Waals surface area contributed by atoms with E-state index >= 15 is 0 Å². The van der Waals surface area contributed by atoms with E-state index in [0.717, 1.165) is 6.07 Å². The van der Waals surface area contributed by atoms with Crippen LogP contribution in [0.5, 0.6) is 0 Å². The molecule has 9 heteroatoms. The molecule has 0 aliphatic rings. The summed E-state index contributed by atoms with van der Waals surface area (Å²) in [5, 5.41) is 6.64. The van der Waals surface area contributed by atoms with Crippen molar-refractivity contribution in [3.63, 3.8) is 0 Å². The summed E-state index contributed by atoms with van der Waals surface area (Å²) in [6.07, 6.45) is -4.52. The maximum absolute atomic E-state index is 13.4. The van der Waals surface area contributed by atoms with Crippen molar-refractivity contribution in [1.82, 2.24) is 20.1 Å². The smallest absolute Gasteiger partial charge is 0.354 e. The number of aromatic nitrogens is 3. The van der Waals surface area contributed by atoms with Crippen LogP contribution in [0.15, 0.2) is 6.07 Å². The molecule has 0 fully saturated rings. The minimum atomic E-state index is -4.52. The Morgan fingerprint density at radius 1 is 1.42 bits per heavy atom. The molecule has 0 aromatic carbocycles. The molecule has 0 saturated carbocycles. The van der Waals surface area contributed by atoms with Crippen LogP contribution < -0.4 is 5.32 Å². The van der Waals surface area contributed by atoms with Gasteiger partial charge >= 0.3 is 6.18 Å². The largest absolute Gasteiger partial charge is 0.417 e. The molecular formula is C15H19F3N4OS. The Morgan fingerprint density at radius 2 is 2.08 bits per heavy atom. The summed E-state index contributed by atoms with van der Waals surface area (Å²) >= 11 is 3.99. The third kappa shape index (κ3) is 3.82. The molecular weight excluding hydrogens is 341 g/mol. The number of hydrogen-bond acceptors (Lipinski definition) is 4. The number of nitrogens with one attached hydrogen (secondary N) is 1. The molecule has 2 aromatic rings. The van der Waals surface area contributed by atoms with E-state index in [0.29, 0.717) is 18.0 Å². The second-order valence-corrected chi connectivity index (χ2v) is 6.21. The first kappa shape index (κ1) is 18.6. The summed E-state index contributed by atoms with van der Waals surface area (Å²) in [6.45, 7) is 5.20. The van der Waals surface area contributed by atoms with E-state index in [1.165, 1.54) is 11.6 Å². The number of aryl methyl sites for hydroxylation is 1. The first-order chi connectivity index (χ1) is 11.1. The summed E-state index contributed by atoms with van der Waals surface area (Å²) in [5.41, 5.74) is -0.184. The van der Waals surface area contributed by atoms with Crippen molar-refractivity contribution in [2.75, 3.05) is 12.3 Å². The normalized spacial score (nSPS) is 12.2. The lowest BCUT2D eigenvalue weighted by molar-refractivity contribution is -0.136. The average molecular weight is 360 g/mol. The summed E-state index contributed by atoms with van der Waals surface area (Å²) in [4.78, 5) is 16.2. The fourth-order valence-corrected chi connectivity index (χ4v) is 2.50. The topological polar surface area (TPSA) is 59.8 Å². The van der Waals surface area contributed by atoms with Crippen LogP contribution in [0.25, 0.3) is 11.0 Å². The third-order valence-electron chi connectivity index (χ3n) is 3.52. The predicted octanol–water partition coefficient (Wildman–Crippen LogP) is 2.93. The van der Waals surface area contributed by atoms with Gasteiger partial charge in [-0.3, -0.25) is 4.79 Å². The monoisotopic (exact) mass is 360 g/mol. The zero-order chi connectivity index (χ0) is 18.1. The van der Waals surface area contributed by atoms with Gasteiger partial charge < -0.3 is 5.32 Å². The van der Waals surface area contributed by atoms with E-state index in [1.54, 1.807) is 13.8 Å². The van der Waals surface area contributed by atoms with Crippen LogP contribution in [0, 0.1) is 6.92 Å². The first-order valence-corrected chi connectivity index (χ1v) is 8.11. The van der Waals surface area contributed by atoms with Gasteiger partial charge in [0, 0.05) is 18.0 Å². The molecule has 5 nitrogen and oxygen atoms in total. The zero-order valence-electron chi connectivity index (χ0n) is 13.6. The molecule has 0 radical (unpaired) electrons. The molecule has 0 aliphatic carbocycles. The van der Waals surface area contributed by atoms with Crippen LogP contribution >= 0.6 is 12.6 Å². The maximum Gasteiger partial charge on any atom is 0.417 e. The average Bonchev–Trinajstić information content (AvgIpc) is 2.79. The summed E-state index contributed by atoms with van der Waals surface area (Å²) in [7, 11) is 0. The van der Waals surface area contributed by atoms with Crippen molar-refractivity contribution in [3.8, 4) is 0 Å². The SMILES string of the molecule is Cc1nn(CC(=O)NCCS)c2nc(C(C)C)cc(C(F)(F)F)c12. The van der Waals surface area contributed by atoms with E-state index in [1.807, 2.05) is 0 Å². The number of carbonyl (C=O) groups excluding carboxylic acids is 1. The van der Waals surface area contributed by atoms with Gasteiger partial charge in [0.1, 0.15) is 6.54 Å². The van der Waals surface area contributed by atoms with Crippen molar-refractivity contribution < 1.29 is 18.0 Å². The van der Waals surface area contributed by atoms with E-state index in [9.17, 15) is 18.0 Å². The van der Waals surface area contributed by atoms with Gasteiger partial charge in [-0.15, -0.1) is 0 Å². The lowest BCUT2D eigenvalue weighted by Gasteiger charge is -2.13.